The van der Waals surface area contributed by atoms with Gasteiger partial charge in [0.25, 0.3) is 0 Å². The highest BCUT2D eigenvalue weighted by molar-refractivity contribution is 7.89. The third-order valence-corrected chi connectivity index (χ3v) is 5.38. The zero-order chi connectivity index (χ0) is 20.6. The summed E-state index contributed by atoms with van der Waals surface area (Å²) in [6.45, 7) is 1.90. The van der Waals surface area contributed by atoms with E-state index >= 15 is 0 Å². The van der Waals surface area contributed by atoms with Gasteiger partial charge in [-0.1, -0.05) is 30.2 Å². The lowest BCUT2D eigenvalue weighted by atomic mass is 10.1. The lowest BCUT2D eigenvalue weighted by Gasteiger charge is -2.15. The van der Waals surface area contributed by atoms with Crippen LogP contribution in [0, 0.1) is 18.2 Å². The van der Waals surface area contributed by atoms with Gasteiger partial charge in [-0.3, -0.25) is 4.79 Å². The SMILES string of the molecule is C#CCOc1ccc(CCNC(=O)[C@H](C)NS(=O)(=O)c2ccccc2F)cc1. The monoisotopic (exact) mass is 404 g/mol. The standard InChI is InChI=1S/C20H21FN2O4S/c1-3-14-27-17-10-8-16(9-11-17)12-13-22-20(24)15(2)23-28(25,26)19-7-5-4-6-18(19)21/h1,4-11,15,23H,12-14H2,2H3,(H,22,24)/t15-/m0/s1. The van der Waals surface area contributed by atoms with Crippen LogP contribution in [0.25, 0.3) is 0 Å². The van der Waals surface area contributed by atoms with Crippen LogP contribution in [0.15, 0.2) is 53.4 Å². The number of carbonyl (C=O) groups is 1. The van der Waals surface area contributed by atoms with Gasteiger partial charge in [0.1, 0.15) is 23.1 Å². The highest BCUT2D eigenvalue weighted by Gasteiger charge is 2.24. The molecule has 2 aromatic carbocycles. The summed E-state index contributed by atoms with van der Waals surface area (Å²) in [5.74, 6) is 1.65. The van der Waals surface area contributed by atoms with E-state index in [0.29, 0.717) is 18.7 Å². The fraction of sp³-hybridized carbons (Fsp3) is 0.250. The first-order chi connectivity index (χ1) is 13.3. The molecule has 2 aromatic rings. The molecule has 0 unspecified atom stereocenters. The number of hydrogen-bond donors (Lipinski definition) is 2. The fourth-order valence-corrected chi connectivity index (χ4v) is 3.65. The summed E-state index contributed by atoms with van der Waals surface area (Å²) >= 11 is 0. The molecule has 0 heterocycles. The number of nitrogens with one attached hydrogen (secondary N) is 2. The number of ether oxygens (including phenoxy) is 1. The van der Waals surface area contributed by atoms with Crippen molar-refractivity contribution in [2.24, 2.45) is 0 Å². The van der Waals surface area contributed by atoms with Gasteiger partial charge < -0.3 is 10.1 Å². The molecule has 0 spiro atoms. The second-order valence-electron chi connectivity index (χ2n) is 5.95. The van der Waals surface area contributed by atoms with Crippen molar-refractivity contribution in [3.63, 3.8) is 0 Å². The Bertz CT molecular complexity index is 953. The maximum atomic E-state index is 13.7. The highest BCUT2D eigenvalue weighted by Crippen LogP contribution is 2.14. The van der Waals surface area contributed by atoms with Crippen molar-refractivity contribution in [3.8, 4) is 18.1 Å². The molecule has 0 radical (unpaired) electrons. The van der Waals surface area contributed by atoms with Crippen LogP contribution in [0.5, 0.6) is 5.75 Å². The molecular weight excluding hydrogens is 383 g/mol. The summed E-state index contributed by atoms with van der Waals surface area (Å²) < 4.78 is 45.6. The Morgan fingerprint density at radius 3 is 2.54 bits per heavy atom. The number of hydrogen-bond acceptors (Lipinski definition) is 4. The second kappa shape index (κ2) is 9.88. The van der Waals surface area contributed by atoms with Crippen molar-refractivity contribution in [1.82, 2.24) is 10.0 Å². The summed E-state index contributed by atoms with van der Waals surface area (Å²) in [7, 11) is -4.14. The van der Waals surface area contributed by atoms with Gasteiger partial charge in [0, 0.05) is 6.54 Å². The molecule has 0 aliphatic carbocycles. The number of amides is 1. The van der Waals surface area contributed by atoms with Gasteiger partial charge in [-0.15, -0.1) is 6.42 Å². The topological polar surface area (TPSA) is 84.5 Å². The van der Waals surface area contributed by atoms with E-state index in [9.17, 15) is 17.6 Å². The molecule has 6 nitrogen and oxygen atoms in total. The van der Waals surface area contributed by atoms with Crippen LogP contribution >= 0.6 is 0 Å². The largest absolute Gasteiger partial charge is 0.481 e. The molecule has 0 saturated carbocycles. The molecule has 2 rings (SSSR count). The summed E-state index contributed by atoms with van der Waals surface area (Å²) in [6.07, 6.45) is 5.68. The first-order valence-corrected chi connectivity index (χ1v) is 10.0. The van der Waals surface area contributed by atoms with E-state index in [1.54, 1.807) is 12.1 Å². The predicted octanol–water partition coefficient (Wildman–Crippen LogP) is 1.86. The molecule has 28 heavy (non-hydrogen) atoms. The summed E-state index contributed by atoms with van der Waals surface area (Å²) in [6, 6.07) is 11.2. The van der Waals surface area contributed by atoms with E-state index in [1.165, 1.54) is 19.1 Å². The van der Waals surface area contributed by atoms with Crippen molar-refractivity contribution in [3.05, 3.63) is 59.9 Å². The van der Waals surface area contributed by atoms with E-state index < -0.39 is 32.7 Å². The molecule has 2 N–H and O–H groups in total. The number of carbonyl (C=O) groups excluding carboxylic acids is 1. The fourth-order valence-electron chi connectivity index (χ4n) is 2.37. The molecule has 148 valence electrons. The van der Waals surface area contributed by atoms with Crippen molar-refractivity contribution in [2.45, 2.75) is 24.3 Å². The Hall–Kier alpha value is -2.89. The molecule has 0 aromatic heterocycles. The van der Waals surface area contributed by atoms with Crippen molar-refractivity contribution >= 4 is 15.9 Å². The molecule has 0 fully saturated rings. The van der Waals surface area contributed by atoms with Crippen LogP contribution in [0.2, 0.25) is 0 Å². The maximum absolute atomic E-state index is 13.7. The molecule has 1 amide bonds. The zero-order valence-electron chi connectivity index (χ0n) is 15.3. The lowest BCUT2D eigenvalue weighted by molar-refractivity contribution is -0.122. The number of rotatable bonds is 9. The van der Waals surface area contributed by atoms with Gasteiger partial charge in [0.05, 0.1) is 6.04 Å². The van der Waals surface area contributed by atoms with Gasteiger partial charge in [-0.2, -0.15) is 4.72 Å². The van der Waals surface area contributed by atoms with Crippen LogP contribution in [-0.2, 0) is 21.2 Å². The Morgan fingerprint density at radius 2 is 1.89 bits per heavy atom. The van der Waals surface area contributed by atoms with Crippen LogP contribution < -0.4 is 14.8 Å². The average Bonchev–Trinajstić information content (AvgIpc) is 2.67. The predicted molar refractivity (Wildman–Crippen MR) is 104 cm³/mol. The minimum absolute atomic E-state index is 0.191. The molecule has 1 atom stereocenters. The van der Waals surface area contributed by atoms with Gasteiger partial charge in [0.15, 0.2) is 0 Å². The summed E-state index contributed by atoms with van der Waals surface area (Å²) in [4.78, 5) is 11.6. The van der Waals surface area contributed by atoms with Crippen molar-refractivity contribution in [2.75, 3.05) is 13.2 Å². The summed E-state index contributed by atoms with van der Waals surface area (Å²) in [5.41, 5.74) is 0.966. The quantitative estimate of drug-likeness (QED) is 0.625. The van der Waals surface area contributed by atoms with E-state index in [1.807, 2.05) is 12.1 Å². The van der Waals surface area contributed by atoms with Crippen LogP contribution in [0.1, 0.15) is 12.5 Å². The molecule has 0 saturated heterocycles. The van der Waals surface area contributed by atoms with Crippen molar-refractivity contribution in [1.29, 1.82) is 0 Å². The third-order valence-electron chi connectivity index (χ3n) is 3.81. The minimum Gasteiger partial charge on any atom is -0.481 e. The van der Waals surface area contributed by atoms with Gasteiger partial charge in [-0.05, 0) is 43.2 Å². The average molecular weight is 404 g/mol. The Morgan fingerprint density at radius 1 is 1.21 bits per heavy atom. The Balaban J connectivity index is 1.84. The number of halogens is 1. The van der Waals surface area contributed by atoms with E-state index in [-0.39, 0.29) is 6.61 Å². The van der Waals surface area contributed by atoms with Gasteiger partial charge in [0.2, 0.25) is 15.9 Å². The molecule has 8 heteroatoms. The Kier molecular flexibility index (Phi) is 7.55. The van der Waals surface area contributed by atoms with Crippen LogP contribution in [0.3, 0.4) is 0 Å². The lowest BCUT2D eigenvalue weighted by Crippen LogP contribution is -2.45. The smallest absolute Gasteiger partial charge is 0.244 e. The van der Waals surface area contributed by atoms with E-state index in [2.05, 4.69) is 16.0 Å². The Labute approximate surface area is 164 Å². The second-order valence-corrected chi connectivity index (χ2v) is 7.63. The van der Waals surface area contributed by atoms with Gasteiger partial charge in [-0.25, -0.2) is 12.8 Å². The minimum atomic E-state index is -4.14. The summed E-state index contributed by atoms with van der Waals surface area (Å²) in [5, 5.41) is 2.65. The third kappa shape index (κ3) is 6.08. The molecule has 0 aliphatic rings. The van der Waals surface area contributed by atoms with E-state index in [4.69, 9.17) is 11.2 Å². The molecule has 0 bridgehead atoms. The molecule has 0 aliphatic heterocycles. The number of terminal acetylenes is 1. The normalized spacial score (nSPS) is 12.0. The van der Waals surface area contributed by atoms with Crippen molar-refractivity contribution < 1.29 is 22.3 Å². The zero-order valence-corrected chi connectivity index (χ0v) is 16.1. The van der Waals surface area contributed by atoms with Crippen LogP contribution in [0.4, 0.5) is 4.39 Å². The van der Waals surface area contributed by atoms with Crippen LogP contribution in [-0.4, -0.2) is 33.5 Å². The first-order valence-electron chi connectivity index (χ1n) is 8.53. The maximum Gasteiger partial charge on any atom is 0.244 e. The number of benzene rings is 2. The molecular formula is C20H21FN2O4S. The highest BCUT2D eigenvalue weighted by atomic mass is 32.2. The van der Waals surface area contributed by atoms with Gasteiger partial charge >= 0.3 is 0 Å². The first kappa shape index (κ1) is 21.4. The van der Waals surface area contributed by atoms with E-state index in [0.717, 1.165) is 17.7 Å². The number of sulfonamides is 1.